The third-order valence-electron chi connectivity index (χ3n) is 6.40. The van der Waals surface area contributed by atoms with Crippen LogP contribution in [0.2, 0.25) is 0 Å². The van der Waals surface area contributed by atoms with E-state index >= 15 is 0 Å². The lowest BCUT2D eigenvalue weighted by Crippen LogP contribution is -2.13. The Balaban J connectivity index is 1.72. The van der Waals surface area contributed by atoms with Gasteiger partial charge in [-0.1, -0.05) is 99.6 Å². The zero-order chi connectivity index (χ0) is 27.3. The molecule has 1 heterocycles. The zero-order valence-electron chi connectivity index (χ0n) is 22.3. The Hall–Kier alpha value is -3.09. The largest absolute Gasteiger partial charge is 0.475 e. The van der Waals surface area contributed by atoms with Crippen molar-refractivity contribution in [2.75, 3.05) is 0 Å². The average molecular weight is 535 g/mol. The van der Waals surface area contributed by atoms with E-state index in [-0.39, 0.29) is 10.8 Å². The Kier molecular flexibility index (Phi) is 11.9. The van der Waals surface area contributed by atoms with Gasteiger partial charge in [-0.05, 0) is 43.5 Å². The third kappa shape index (κ3) is 9.03. The average Bonchev–Trinajstić information content (AvgIpc) is 2.90. The van der Waals surface area contributed by atoms with E-state index < -0.39 is 23.3 Å². The van der Waals surface area contributed by atoms with Crippen LogP contribution in [0.3, 0.4) is 0 Å². The van der Waals surface area contributed by atoms with Gasteiger partial charge < -0.3 is 14.6 Å². The maximum Gasteiger partial charge on any atom is 0.371 e. The van der Waals surface area contributed by atoms with Gasteiger partial charge in [0.1, 0.15) is 5.58 Å². The molecule has 1 aromatic heterocycles. The number of rotatable bonds is 15. The van der Waals surface area contributed by atoms with Crippen LogP contribution >= 0.6 is 11.8 Å². The first kappa shape index (κ1) is 29.5. The number of carboxylic acid groups (broad SMARTS) is 1. The number of hydrogen-bond acceptors (Lipinski definition) is 5. The summed E-state index contributed by atoms with van der Waals surface area (Å²) in [7, 11) is 0. The number of aliphatic hydroxyl groups excluding tert-OH is 1. The second kappa shape index (κ2) is 15.4. The second-order valence-corrected chi connectivity index (χ2v) is 10.9. The SMILES string of the molecule is CCCCCCCCCC=CC=C[C@@H](Sc1ccc2c(=O)cc(C(=O)O)oc2c1)[C@@H](O)c1cccc(C)c1. The number of allylic oxidation sites excluding steroid dienone is 3. The van der Waals surface area contributed by atoms with Gasteiger partial charge in [-0.25, -0.2) is 4.79 Å². The molecule has 0 amide bonds. The van der Waals surface area contributed by atoms with E-state index in [1.54, 1.807) is 18.2 Å². The lowest BCUT2D eigenvalue weighted by Gasteiger charge is -2.20. The first-order valence-corrected chi connectivity index (χ1v) is 14.3. The van der Waals surface area contributed by atoms with Crippen molar-refractivity contribution in [2.24, 2.45) is 0 Å². The van der Waals surface area contributed by atoms with Crippen LogP contribution in [0.1, 0.15) is 86.1 Å². The van der Waals surface area contributed by atoms with Gasteiger partial charge in [-0.3, -0.25) is 4.79 Å². The smallest absolute Gasteiger partial charge is 0.371 e. The molecular formula is C32H38O5S. The number of aliphatic hydroxyl groups is 1. The highest BCUT2D eigenvalue weighted by Crippen LogP contribution is 2.35. The van der Waals surface area contributed by atoms with Gasteiger partial charge in [0.15, 0.2) is 5.43 Å². The molecule has 0 radical (unpaired) electrons. The molecule has 5 nitrogen and oxygen atoms in total. The lowest BCUT2D eigenvalue weighted by atomic mass is 10.0. The van der Waals surface area contributed by atoms with Crippen LogP contribution in [0.25, 0.3) is 11.0 Å². The minimum atomic E-state index is -1.29. The van der Waals surface area contributed by atoms with E-state index in [0.29, 0.717) is 5.39 Å². The monoisotopic (exact) mass is 534 g/mol. The lowest BCUT2D eigenvalue weighted by molar-refractivity contribution is 0.0663. The minimum absolute atomic E-state index is 0.210. The van der Waals surface area contributed by atoms with Crippen molar-refractivity contribution < 1.29 is 19.4 Å². The highest BCUT2D eigenvalue weighted by Gasteiger charge is 2.21. The van der Waals surface area contributed by atoms with Crippen molar-refractivity contribution >= 4 is 28.7 Å². The van der Waals surface area contributed by atoms with E-state index in [2.05, 4.69) is 13.0 Å². The molecule has 0 aliphatic carbocycles. The minimum Gasteiger partial charge on any atom is -0.475 e. The number of hydrogen-bond donors (Lipinski definition) is 2. The number of unbranched alkanes of at least 4 members (excludes halogenated alkanes) is 7. The number of aromatic carboxylic acids is 1. The Morgan fingerprint density at radius 1 is 1.00 bits per heavy atom. The summed E-state index contributed by atoms with van der Waals surface area (Å²) in [6.07, 6.45) is 17.4. The van der Waals surface area contributed by atoms with Crippen LogP contribution in [-0.4, -0.2) is 21.4 Å². The van der Waals surface area contributed by atoms with Crippen molar-refractivity contribution in [2.45, 2.75) is 81.5 Å². The standard InChI is InChI=1S/C32H38O5S/c1-3-4-5-6-7-8-9-10-11-12-13-17-30(31(34)24-16-14-15-23(2)20-24)38-25-18-19-26-27(33)22-29(32(35)36)37-28(26)21-25/h11-22,30-31,34H,3-10H2,1-2H3,(H,35,36)/t30-,31+/m1/s1. The fourth-order valence-corrected chi connectivity index (χ4v) is 5.38. The van der Waals surface area contributed by atoms with Gasteiger partial charge in [0.25, 0.3) is 0 Å². The van der Waals surface area contributed by atoms with Crippen molar-refractivity contribution in [1.29, 1.82) is 0 Å². The van der Waals surface area contributed by atoms with Crippen LogP contribution < -0.4 is 5.43 Å². The predicted molar refractivity (Wildman–Crippen MR) is 156 cm³/mol. The third-order valence-corrected chi connectivity index (χ3v) is 7.61. The van der Waals surface area contributed by atoms with Crippen LogP contribution in [0.5, 0.6) is 0 Å². The highest BCUT2D eigenvalue weighted by atomic mass is 32.2. The number of carboxylic acids is 1. The normalized spacial score (nSPS) is 13.4. The summed E-state index contributed by atoms with van der Waals surface area (Å²) in [5, 5.41) is 20.5. The Morgan fingerprint density at radius 2 is 1.76 bits per heavy atom. The molecule has 0 spiro atoms. The summed E-state index contributed by atoms with van der Waals surface area (Å²) >= 11 is 1.43. The van der Waals surface area contributed by atoms with Crippen LogP contribution in [0.4, 0.5) is 0 Å². The molecule has 0 saturated heterocycles. The molecule has 2 N–H and O–H groups in total. The first-order valence-electron chi connectivity index (χ1n) is 13.4. The fourth-order valence-electron chi connectivity index (χ4n) is 4.29. The second-order valence-electron chi connectivity index (χ2n) is 9.60. The number of carbonyl (C=O) groups is 1. The highest BCUT2D eigenvalue weighted by molar-refractivity contribution is 8.00. The fraction of sp³-hybridized carbons (Fsp3) is 0.375. The maximum atomic E-state index is 12.3. The maximum absolute atomic E-state index is 12.3. The van der Waals surface area contributed by atoms with E-state index in [1.165, 1.54) is 56.7 Å². The van der Waals surface area contributed by atoms with Crippen LogP contribution in [-0.2, 0) is 0 Å². The molecule has 38 heavy (non-hydrogen) atoms. The quantitative estimate of drug-likeness (QED) is 0.116. The summed E-state index contributed by atoms with van der Waals surface area (Å²) < 4.78 is 5.46. The topological polar surface area (TPSA) is 87.7 Å². The summed E-state index contributed by atoms with van der Waals surface area (Å²) in [6.45, 7) is 4.23. The van der Waals surface area contributed by atoms with E-state index in [1.807, 2.05) is 49.4 Å². The van der Waals surface area contributed by atoms with Gasteiger partial charge in [0.05, 0.1) is 16.7 Å². The molecule has 3 aromatic rings. The van der Waals surface area contributed by atoms with Gasteiger partial charge in [-0.15, -0.1) is 11.8 Å². The van der Waals surface area contributed by atoms with Gasteiger partial charge in [0.2, 0.25) is 5.76 Å². The van der Waals surface area contributed by atoms with E-state index in [4.69, 9.17) is 4.42 Å². The summed E-state index contributed by atoms with van der Waals surface area (Å²) in [5.41, 5.74) is 1.70. The van der Waals surface area contributed by atoms with E-state index in [0.717, 1.165) is 28.5 Å². The van der Waals surface area contributed by atoms with Crippen LogP contribution in [0.15, 0.2) is 86.9 Å². The molecule has 0 bridgehead atoms. The molecule has 6 heteroatoms. The molecular weight excluding hydrogens is 496 g/mol. The Labute approximate surface area is 229 Å². The molecule has 0 unspecified atom stereocenters. The Bertz CT molecular complexity index is 1310. The van der Waals surface area contributed by atoms with Crippen molar-refractivity contribution in [3.63, 3.8) is 0 Å². The summed E-state index contributed by atoms with van der Waals surface area (Å²) in [4.78, 5) is 24.4. The Morgan fingerprint density at radius 3 is 2.50 bits per heavy atom. The molecule has 0 saturated carbocycles. The summed E-state index contributed by atoms with van der Waals surface area (Å²) in [6, 6.07) is 13.9. The van der Waals surface area contributed by atoms with Crippen molar-refractivity contribution in [3.8, 4) is 0 Å². The van der Waals surface area contributed by atoms with Gasteiger partial charge in [-0.2, -0.15) is 0 Å². The molecule has 202 valence electrons. The summed E-state index contributed by atoms with van der Waals surface area (Å²) in [5.74, 6) is -1.69. The molecule has 2 aromatic carbocycles. The van der Waals surface area contributed by atoms with Gasteiger partial charge >= 0.3 is 5.97 Å². The zero-order valence-corrected chi connectivity index (χ0v) is 23.1. The van der Waals surface area contributed by atoms with Crippen LogP contribution in [0, 0.1) is 6.92 Å². The van der Waals surface area contributed by atoms with Crippen molar-refractivity contribution in [3.05, 3.63) is 99.9 Å². The molecule has 0 fully saturated rings. The molecule has 0 aliphatic rings. The van der Waals surface area contributed by atoms with Crippen molar-refractivity contribution in [1.82, 2.24) is 0 Å². The number of fused-ring (bicyclic) bond motifs is 1. The molecule has 2 atom stereocenters. The predicted octanol–water partition coefficient (Wildman–Crippen LogP) is 8.25. The first-order chi connectivity index (χ1) is 18.4. The number of thioether (sulfide) groups is 1. The van der Waals surface area contributed by atoms with Gasteiger partial charge in [0, 0.05) is 11.0 Å². The molecule has 0 aliphatic heterocycles. The molecule has 3 rings (SSSR count). The van der Waals surface area contributed by atoms with E-state index in [9.17, 15) is 19.8 Å². The number of benzene rings is 2. The number of aryl methyl sites for hydroxylation is 1.